The zero-order valence-corrected chi connectivity index (χ0v) is 10.5. The summed E-state index contributed by atoms with van der Waals surface area (Å²) >= 11 is 7.33. The second kappa shape index (κ2) is 6.76. The Balaban J connectivity index is 2.40. The first-order chi connectivity index (χ1) is 7.65. The molecule has 0 saturated heterocycles. The maximum absolute atomic E-state index is 13.3. The minimum absolute atomic E-state index is 0.0235. The van der Waals surface area contributed by atoms with Crippen LogP contribution in [0.25, 0.3) is 0 Å². The second-order valence-corrected chi connectivity index (χ2v) is 4.69. The van der Waals surface area contributed by atoms with Gasteiger partial charge in [0.2, 0.25) is 5.91 Å². The van der Waals surface area contributed by atoms with Crippen molar-refractivity contribution in [2.75, 3.05) is 18.6 Å². The molecule has 0 bridgehead atoms. The molecule has 0 aromatic heterocycles. The maximum Gasteiger partial charge on any atom is 0.229 e. The first-order valence-electron chi connectivity index (χ1n) is 4.86. The van der Waals surface area contributed by atoms with Crippen molar-refractivity contribution in [3.63, 3.8) is 0 Å². The van der Waals surface area contributed by atoms with Crippen molar-refractivity contribution >= 4 is 29.3 Å². The van der Waals surface area contributed by atoms with E-state index in [1.807, 2.05) is 0 Å². The minimum atomic E-state index is -0.284. The van der Waals surface area contributed by atoms with Crippen molar-refractivity contribution in [1.82, 2.24) is 5.32 Å². The van der Waals surface area contributed by atoms with Crippen LogP contribution < -0.4 is 5.32 Å². The fraction of sp³-hybridized carbons (Fsp3) is 0.364. The molecule has 0 saturated carbocycles. The van der Waals surface area contributed by atoms with E-state index in [0.29, 0.717) is 28.5 Å². The number of carbonyl (C=O) groups excluding carboxylic acids is 1. The second-order valence-electron chi connectivity index (χ2n) is 3.18. The fourth-order valence-electron chi connectivity index (χ4n) is 1.18. The first kappa shape index (κ1) is 13.3. The zero-order chi connectivity index (χ0) is 12.0. The summed E-state index contributed by atoms with van der Waals surface area (Å²) in [4.78, 5) is 10.9. The number of hydrogen-bond donors (Lipinski definition) is 1. The highest BCUT2D eigenvalue weighted by molar-refractivity contribution is 7.99. The van der Waals surface area contributed by atoms with Gasteiger partial charge in [-0.1, -0.05) is 17.7 Å². The Hall–Kier alpha value is -0.740. The number of rotatable bonds is 5. The molecule has 0 unspecified atom stereocenters. The summed E-state index contributed by atoms with van der Waals surface area (Å²) in [6.45, 7) is 0. The van der Waals surface area contributed by atoms with Gasteiger partial charge in [-0.2, -0.15) is 11.8 Å². The molecule has 1 rings (SSSR count). The highest BCUT2D eigenvalue weighted by atomic mass is 35.5. The van der Waals surface area contributed by atoms with Gasteiger partial charge in [0.05, 0.1) is 5.75 Å². The van der Waals surface area contributed by atoms with Gasteiger partial charge in [0.25, 0.3) is 0 Å². The number of hydrogen-bond acceptors (Lipinski definition) is 2. The van der Waals surface area contributed by atoms with Gasteiger partial charge in [-0.3, -0.25) is 4.79 Å². The number of amides is 1. The van der Waals surface area contributed by atoms with Gasteiger partial charge in [-0.15, -0.1) is 0 Å². The Morgan fingerprint density at radius 2 is 2.31 bits per heavy atom. The Morgan fingerprint density at radius 1 is 1.56 bits per heavy atom. The largest absolute Gasteiger partial charge is 0.358 e. The molecule has 0 fully saturated rings. The standard InChI is InChI=1S/C11H13ClFNOS/c1-14-11(15)7-16-6-5-8-9(12)3-2-4-10(8)13/h2-4H,5-7H2,1H3,(H,14,15). The Labute approximate surface area is 104 Å². The summed E-state index contributed by atoms with van der Waals surface area (Å²) in [7, 11) is 1.59. The van der Waals surface area contributed by atoms with Crippen molar-refractivity contribution in [2.45, 2.75) is 6.42 Å². The third-order valence-electron chi connectivity index (χ3n) is 2.07. The molecule has 0 aliphatic rings. The molecule has 1 N–H and O–H groups in total. The quantitative estimate of drug-likeness (QED) is 0.826. The van der Waals surface area contributed by atoms with Crippen LogP contribution in [0.2, 0.25) is 5.02 Å². The number of halogens is 2. The van der Waals surface area contributed by atoms with Crippen LogP contribution in [0.15, 0.2) is 18.2 Å². The third-order valence-corrected chi connectivity index (χ3v) is 3.38. The predicted molar refractivity (Wildman–Crippen MR) is 66.5 cm³/mol. The lowest BCUT2D eigenvalue weighted by atomic mass is 10.1. The number of thioether (sulfide) groups is 1. The van der Waals surface area contributed by atoms with E-state index in [1.165, 1.54) is 17.8 Å². The molecule has 1 aromatic rings. The van der Waals surface area contributed by atoms with Gasteiger partial charge in [0.15, 0.2) is 0 Å². The van der Waals surface area contributed by atoms with Crippen molar-refractivity contribution in [1.29, 1.82) is 0 Å². The van der Waals surface area contributed by atoms with Gasteiger partial charge < -0.3 is 5.32 Å². The number of benzene rings is 1. The molecule has 2 nitrogen and oxygen atoms in total. The van der Waals surface area contributed by atoms with E-state index in [0.717, 1.165) is 0 Å². The van der Waals surface area contributed by atoms with E-state index >= 15 is 0 Å². The molecule has 0 spiro atoms. The number of carbonyl (C=O) groups is 1. The van der Waals surface area contributed by atoms with Crippen LogP contribution in [-0.2, 0) is 11.2 Å². The van der Waals surface area contributed by atoms with Gasteiger partial charge in [-0.25, -0.2) is 4.39 Å². The molecule has 16 heavy (non-hydrogen) atoms. The van der Waals surface area contributed by atoms with E-state index in [9.17, 15) is 9.18 Å². The van der Waals surface area contributed by atoms with E-state index in [2.05, 4.69) is 5.32 Å². The topological polar surface area (TPSA) is 29.1 Å². The summed E-state index contributed by atoms with van der Waals surface area (Å²) in [6.07, 6.45) is 0.535. The first-order valence-corrected chi connectivity index (χ1v) is 6.39. The van der Waals surface area contributed by atoms with Crippen LogP contribution >= 0.6 is 23.4 Å². The lowest BCUT2D eigenvalue weighted by Crippen LogP contribution is -2.20. The zero-order valence-electron chi connectivity index (χ0n) is 8.93. The monoisotopic (exact) mass is 261 g/mol. The molecule has 0 heterocycles. The van der Waals surface area contributed by atoms with Crippen LogP contribution in [0.1, 0.15) is 5.56 Å². The summed E-state index contributed by atoms with van der Waals surface area (Å²) < 4.78 is 13.3. The lowest BCUT2D eigenvalue weighted by Gasteiger charge is -2.05. The molecule has 0 atom stereocenters. The highest BCUT2D eigenvalue weighted by Gasteiger charge is 2.06. The maximum atomic E-state index is 13.3. The van der Waals surface area contributed by atoms with Crippen molar-refractivity contribution in [3.8, 4) is 0 Å². The van der Waals surface area contributed by atoms with Crippen LogP contribution in [-0.4, -0.2) is 24.5 Å². The van der Waals surface area contributed by atoms with Crippen LogP contribution in [0, 0.1) is 5.82 Å². The highest BCUT2D eigenvalue weighted by Crippen LogP contribution is 2.20. The van der Waals surface area contributed by atoms with Crippen LogP contribution in [0.4, 0.5) is 4.39 Å². The lowest BCUT2D eigenvalue weighted by molar-refractivity contribution is -0.118. The van der Waals surface area contributed by atoms with E-state index < -0.39 is 0 Å². The van der Waals surface area contributed by atoms with Crippen LogP contribution in [0.3, 0.4) is 0 Å². The van der Waals surface area contributed by atoms with Crippen molar-refractivity contribution in [3.05, 3.63) is 34.6 Å². The van der Waals surface area contributed by atoms with Gasteiger partial charge in [0.1, 0.15) is 5.82 Å². The molecular formula is C11H13ClFNOS. The van der Waals surface area contributed by atoms with Crippen molar-refractivity contribution in [2.24, 2.45) is 0 Å². The smallest absolute Gasteiger partial charge is 0.229 e. The summed E-state index contributed by atoms with van der Waals surface area (Å²) in [6, 6.07) is 4.65. The normalized spacial score (nSPS) is 10.2. The van der Waals surface area contributed by atoms with E-state index in [-0.39, 0.29) is 11.7 Å². The molecule has 1 amide bonds. The molecule has 88 valence electrons. The Bertz CT molecular complexity index is 353. The fourth-order valence-corrected chi connectivity index (χ4v) is 2.26. The van der Waals surface area contributed by atoms with Crippen LogP contribution in [0.5, 0.6) is 0 Å². The molecular weight excluding hydrogens is 249 g/mol. The minimum Gasteiger partial charge on any atom is -0.358 e. The molecule has 1 aromatic carbocycles. The van der Waals surface area contributed by atoms with E-state index in [4.69, 9.17) is 11.6 Å². The average Bonchev–Trinajstić information content (AvgIpc) is 2.27. The summed E-state index contributed by atoms with van der Waals surface area (Å²) in [5.41, 5.74) is 0.522. The van der Waals surface area contributed by atoms with Gasteiger partial charge >= 0.3 is 0 Å². The molecule has 0 aliphatic carbocycles. The summed E-state index contributed by atoms with van der Waals surface area (Å²) in [5.74, 6) is 0.758. The van der Waals surface area contributed by atoms with E-state index in [1.54, 1.807) is 19.2 Å². The molecule has 0 radical (unpaired) electrons. The predicted octanol–water partition coefficient (Wildman–Crippen LogP) is 2.50. The Kier molecular flexibility index (Phi) is 5.63. The third kappa shape index (κ3) is 4.02. The Morgan fingerprint density at radius 3 is 2.94 bits per heavy atom. The van der Waals surface area contributed by atoms with Crippen molar-refractivity contribution < 1.29 is 9.18 Å². The SMILES string of the molecule is CNC(=O)CSCCc1c(F)cccc1Cl. The average molecular weight is 262 g/mol. The summed E-state index contributed by atoms with van der Waals surface area (Å²) in [5, 5.41) is 2.97. The van der Waals surface area contributed by atoms with Gasteiger partial charge in [-0.05, 0) is 24.3 Å². The number of nitrogens with one attached hydrogen (secondary N) is 1. The van der Waals surface area contributed by atoms with Gasteiger partial charge in [0, 0.05) is 17.6 Å². The molecule has 0 aliphatic heterocycles. The molecule has 5 heteroatoms.